The van der Waals surface area contributed by atoms with Crippen molar-refractivity contribution in [1.29, 1.82) is 0 Å². The Balaban J connectivity index is 0.917. The van der Waals surface area contributed by atoms with E-state index in [-0.39, 0.29) is 0 Å². The van der Waals surface area contributed by atoms with Crippen molar-refractivity contribution in [3.05, 3.63) is 243 Å². The predicted molar refractivity (Wildman–Crippen MR) is 270 cm³/mol. The minimum Gasteiger partial charge on any atom is -0.228 e. The summed E-state index contributed by atoms with van der Waals surface area (Å²) in [7, 11) is 0. The Labute approximate surface area is 372 Å². The van der Waals surface area contributed by atoms with Crippen molar-refractivity contribution in [2.45, 2.75) is 0 Å². The van der Waals surface area contributed by atoms with Crippen LogP contribution in [0.3, 0.4) is 0 Å². The van der Waals surface area contributed by atoms with Gasteiger partial charge in [-0.15, -0.1) is 0 Å². The largest absolute Gasteiger partial charge is 0.228 e. The maximum atomic E-state index is 5.10. The monoisotopic (exact) mass is 812 g/mol. The molecule has 64 heavy (non-hydrogen) atoms. The molecule has 0 unspecified atom stereocenters. The first-order valence-corrected chi connectivity index (χ1v) is 21.9. The van der Waals surface area contributed by atoms with Crippen molar-refractivity contribution in [2.75, 3.05) is 0 Å². The molecule has 0 N–H and O–H groups in total. The zero-order chi connectivity index (χ0) is 42.4. The molecule has 0 spiro atoms. The van der Waals surface area contributed by atoms with Crippen molar-refractivity contribution in [3.63, 3.8) is 0 Å². The van der Waals surface area contributed by atoms with Crippen LogP contribution >= 0.6 is 0 Å². The molecule has 0 atom stereocenters. The van der Waals surface area contributed by atoms with Crippen LogP contribution in [-0.4, -0.2) is 9.97 Å². The molecule has 0 aliphatic rings. The summed E-state index contributed by atoms with van der Waals surface area (Å²) in [6.45, 7) is 0. The van der Waals surface area contributed by atoms with Gasteiger partial charge in [0.15, 0.2) is 5.82 Å². The molecule has 298 valence electrons. The van der Waals surface area contributed by atoms with Gasteiger partial charge in [0, 0.05) is 16.7 Å². The number of rotatable bonds is 7. The van der Waals surface area contributed by atoms with E-state index in [9.17, 15) is 0 Å². The highest BCUT2D eigenvalue weighted by Gasteiger charge is 2.19. The van der Waals surface area contributed by atoms with Gasteiger partial charge in [-0.2, -0.15) is 0 Å². The molecule has 1 heterocycles. The van der Waals surface area contributed by atoms with E-state index in [4.69, 9.17) is 9.97 Å². The fourth-order valence-corrected chi connectivity index (χ4v) is 9.50. The number of hydrogen-bond donors (Lipinski definition) is 0. The van der Waals surface area contributed by atoms with Crippen LogP contribution in [-0.2, 0) is 0 Å². The lowest BCUT2D eigenvalue weighted by molar-refractivity contribution is 1.18. The predicted octanol–water partition coefficient (Wildman–Crippen LogP) is 16.8. The Bertz CT molecular complexity index is 3670. The highest BCUT2D eigenvalue weighted by molar-refractivity contribution is 6.28. The quantitative estimate of drug-likeness (QED) is 0.118. The van der Waals surface area contributed by atoms with Gasteiger partial charge >= 0.3 is 0 Å². The van der Waals surface area contributed by atoms with E-state index in [2.05, 4.69) is 218 Å². The van der Waals surface area contributed by atoms with E-state index in [1.54, 1.807) is 0 Å². The molecule has 0 aliphatic carbocycles. The third kappa shape index (κ3) is 6.70. The van der Waals surface area contributed by atoms with Gasteiger partial charge in [-0.1, -0.05) is 224 Å². The molecule has 0 radical (unpaired) electrons. The van der Waals surface area contributed by atoms with E-state index < -0.39 is 0 Å². The number of nitrogens with zero attached hydrogens (tertiary/aromatic N) is 2. The smallest absolute Gasteiger partial charge is 0.160 e. The average molecular weight is 813 g/mol. The Morgan fingerprint density at radius 2 is 0.641 bits per heavy atom. The van der Waals surface area contributed by atoms with Crippen molar-refractivity contribution in [2.24, 2.45) is 0 Å². The topological polar surface area (TPSA) is 25.8 Å². The van der Waals surface area contributed by atoms with E-state index in [0.29, 0.717) is 5.82 Å². The minimum atomic E-state index is 0.708. The van der Waals surface area contributed by atoms with Crippen LogP contribution in [0.2, 0.25) is 0 Å². The number of hydrogen-bond acceptors (Lipinski definition) is 2. The minimum absolute atomic E-state index is 0.708. The molecule has 0 aliphatic heterocycles. The van der Waals surface area contributed by atoms with Gasteiger partial charge in [-0.3, -0.25) is 0 Å². The van der Waals surface area contributed by atoms with Crippen LogP contribution in [0.25, 0.3) is 122 Å². The summed E-state index contributed by atoms with van der Waals surface area (Å²) in [6, 6.07) is 87.2. The molecule has 0 amide bonds. The van der Waals surface area contributed by atoms with Gasteiger partial charge in [0.25, 0.3) is 0 Å². The summed E-state index contributed by atoms with van der Waals surface area (Å²) in [4.78, 5) is 10.2. The maximum Gasteiger partial charge on any atom is 0.160 e. The van der Waals surface area contributed by atoms with Crippen LogP contribution in [0.5, 0.6) is 0 Å². The van der Waals surface area contributed by atoms with Crippen LogP contribution in [0, 0.1) is 0 Å². The van der Waals surface area contributed by atoms with Crippen molar-refractivity contribution < 1.29 is 0 Å². The van der Waals surface area contributed by atoms with Crippen LogP contribution in [0.15, 0.2) is 243 Å². The fourth-order valence-electron chi connectivity index (χ4n) is 9.50. The molecular formula is C62H40N2. The molecule has 0 bridgehead atoms. The summed E-state index contributed by atoms with van der Waals surface area (Å²) in [5.74, 6) is 0.708. The fraction of sp³-hybridized carbons (Fsp3) is 0. The normalized spacial score (nSPS) is 11.4. The van der Waals surface area contributed by atoms with E-state index in [1.165, 1.54) is 82.0 Å². The second-order valence-corrected chi connectivity index (χ2v) is 16.5. The highest BCUT2D eigenvalue weighted by Crippen LogP contribution is 2.46. The summed E-state index contributed by atoms with van der Waals surface area (Å²) < 4.78 is 0. The van der Waals surface area contributed by atoms with Gasteiger partial charge in [0.05, 0.1) is 11.4 Å². The molecule has 0 saturated heterocycles. The van der Waals surface area contributed by atoms with Gasteiger partial charge < -0.3 is 0 Å². The summed E-state index contributed by atoms with van der Waals surface area (Å²) in [5, 5.41) is 10.0. The molecule has 12 aromatic rings. The summed E-state index contributed by atoms with van der Waals surface area (Å²) in [5.41, 5.74) is 14.6. The Morgan fingerprint density at radius 3 is 1.27 bits per heavy atom. The average Bonchev–Trinajstić information content (AvgIpc) is 3.38. The van der Waals surface area contributed by atoms with Gasteiger partial charge in [0.1, 0.15) is 0 Å². The Hall–Kier alpha value is -8.46. The van der Waals surface area contributed by atoms with Crippen molar-refractivity contribution >= 4 is 43.1 Å². The number of benzene rings is 11. The molecule has 2 heteroatoms. The van der Waals surface area contributed by atoms with Crippen LogP contribution < -0.4 is 0 Å². The summed E-state index contributed by atoms with van der Waals surface area (Å²) >= 11 is 0. The summed E-state index contributed by atoms with van der Waals surface area (Å²) in [6.07, 6.45) is 0. The molecular weight excluding hydrogens is 773 g/mol. The van der Waals surface area contributed by atoms with E-state index in [1.807, 2.05) is 24.3 Å². The van der Waals surface area contributed by atoms with Gasteiger partial charge in [0.2, 0.25) is 0 Å². The lowest BCUT2D eigenvalue weighted by Crippen LogP contribution is -1.96. The van der Waals surface area contributed by atoms with Crippen LogP contribution in [0.4, 0.5) is 0 Å². The van der Waals surface area contributed by atoms with E-state index >= 15 is 0 Å². The standard InChI is InChI=1S/C62H40N2/c1-4-14-41(15-5-1)42-24-28-45(29-25-42)57-40-58(64-62(63-57)48-19-8-3-9-20-48)46-30-26-43(27-31-46)49-32-33-51-39-52(35-34-50(51)38-49)60-55-23-13-12-22-54(55)59(47-17-6-2-7-18-47)56-37-36-44-16-10-11-21-53(44)61(56)60/h1-40H. The number of aromatic nitrogens is 2. The third-order valence-electron chi connectivity index (χ3n) is 12.7. The zero-order valence-electron chi connectivity index (χ0n) is 35.0. The highest BCUT2D eigenvalue weighted by atomic mass is 14.9. The lowest BCUT2D eigenvalue weighted by Gasteiger charge is -2.19. The molecule has 12 rings (SSSR count). The molecule has 11 aromatic carbocycles. The SMILES string of the molecule is c1ccc(-c2ccc(-c3cc(-c4ccc(-c5ccc6cc(-c7c8ccccc8c(-c8ccccc8)c8ccc9ccccc9c78)ccc6c5)cc4)nc(-c4ccccc4)n3)cc2)cc1. The van der Waals surface area contributed by atoms with Gasteiger partial charge in [-0.25, -0.2) is 9.97 Å². The Kier molecular flexibility index (Phi) is 9.20. The second kappa shape index (κ2) is 15.8. The van der Waals surface area contributed by atoms with Gasteiger partial charge in [-0.05, 0) is 106 Å². The second-order valence-electron chi connectivity index (χ2n) is 16.5. The lowest BCUT2D eigenvalue weighted by atomic mass is 9.83. The first kappa shape index (κ1) is 37.3. The van der Waals surface area contributed by atoms with Crippen molar-refractivity contribution in [3.8, 4) is 78.4 Å². The van der Waals surface area contributed by atoms with Crippen molar-refractivity contribution in [1.82, 2.24) is 9.97 Å². The number of fused-ring (bicyclic) bond motifs is 5. The molecule has 0 fully saturated rings. The third-order valence-corrected chi connectivity index (χ3v) is 12.7. The zero-order valence-corrected chi connectivity index (χ0v) is 35.0. The first-order chi connectivity index (χ1) is 31.7. The van der Waals surface area contributed by atoms with E-state index in [0.717, 1.165) is 33.6 Å². The maximum absolute atomic E-state index is 5.10. The molecule has 0 saturated carbocycles. The molecule has 1 aromatic heterocycles. The Morgan fingerprint density at radius 1 is 0.219 bits per heavy atom. The first-order valence-electron chi connectivity index (χ1n) is 21.9. The van der Waals surface area contributed by atoms with Crippen LogP contribution in [0.1, 0.15) is 0 Å². The molecule has 2 nitrogen and oxygen atoms in total.